The van der Waals surface area contributed by atoms with E-state index in [1.54, 1.807) is 30.3 Å². The summed E-state index contributed by atoms with van der Waals surface area (Å²) in [4.78, 5) is 36.5. The van der Waals surface area contributed by atoms with Gasteiger partial charge < -0.3 is 14.8 Å². The van der Waals surface area contributed by atoms with Gasteiger partial charge in [0.1, 0.15) is 12.3 Å². The lowest BCUT2D eigenvalue weighted by atomic mass is 9.90. The number of hydrogen-bond donors (Lipinski definition) is 1. The summed E-state index contributed by atoms with van der Waals surface area (Å²) in [5, 5.41) is 2.50. The molecule has 0 radical (unpaired) electrons. The van der Waals surface area contributed by atoms with E-state index in [0.29, 0.717) is 23.5 Å². The van der Waals surface area contributed by atoms with Crippen LogP contribution in [0.3, 0.4) is 0 Å². The van der Waals surface area contributed by atoms with E-state index in [2.05, 4.69) is 5.32 Å². The van der Waals surface area contributed by atoms with Crippen LogP contribution in [0.2, 0.25) is 0 Å². The number of amides is 1. The summed E-state index contributed by atoms with van der Waals surface area (Å²) < 4.78 is 10.4. The number of nitrogens with one attached hydrogen (secondary N) is 1. The van der Waals surface area contributed by atoms with E-state index < -0.39 is 11.9 Å². The van der Waals surface area contributed by atoms with E-state index in [0.717, 1.165) is 19.3 Å². The maximum absolute atomic E-state index is 12.3. The minimum atomic E-state index is -0.668. The van der Waals surface area contributed by atoms with Gasteiger partial charge in [-0.2, -0.15) is 0 Å². The number of benzene rings is 2. The van der Waals surface area contributed by atoms with Gasteiger partial charge in [0.15, 0.2) is 12.4 Å². The van der Waals surface area contributed by atoms with Gasteiger partial charge in [-0.25, -0.2) is 0 Å². The number of para-hydroxylation sites is 1. The minimum Gasteiger partial charge on any atom is -0.493 e. The lowest BCUT2D eigenvalue weighted by molar-refractivity contribution is -0.141. The summed E-state index contributed by atoms with van der Waals surface area (Å²) in [6.45, 7) is 1.59. The average molecular weight is 395 g/mol. The Kier molecular flexibility index (Phi) is 7.00. The molecule has 6 heteroatoms. The van der Waals surface area contributed by atoms with Crippen molar-refractivity contribution in [3.63, 3.8) is 0 Å². The molecule has 29 heavy (non-hydrogen) atoms. The second-order valence-corrected chi connectivity index (χ2v) is 6.89. The highest BCUT2D eigenvalue weighted by Gasteiger charge is 2.16. The molecule has 0 heterocycles. The van der Waals surface area contributed by atoms with Gasteiger partial charge in [-0.15, -0.1) is 0 Å². The number of esters is 1. The molecule has 0 saturated heterocycles. The fourth-order valence-electron chi connectivity index (χ4n) is 3.37. The highest BCUT2D eigenvalue weighted by atomic mass is 16.5. The zero-order valence-corrected chi connectivity index (χ0v) is 16.5. The standard InChI is InChI=1S/C23H25NO5/c1-2-28-21-10-6-5-9-19(21)23(27)24-14-22(26)29-15-20(25)18-12-11-16-7-3-4-8-17(16)13-18/h5-6,9-13H,2-4,7-8,14-15H2,1H3,(H,24,27). The van der Waals surface area contributed by atoms with Crippen LogP contribution in [0, 0.1) is 0 Å². The topological polar surface area (TPSA) is 81.7 Å². The summed E-state index contributed by atoms with van der Waals surface area (Å²) in [7, 11) is 0. The largest absolute Gasteiger partial charge is 0.493 e. The van der Waals surface area contributed by atoms with Crippen LogP contribution in [0.5, 0.6) is 5.75 Å². The highest BCUT2D eigenvalue weighted by molar-refractivity contribution is 5.99. The molecule has 0 fully saturated rings. The smallest absolute Gasteiger partial charge is 0.325 e. The first-order valence-corrected chi connectivity index (χ1v) is 9.89. The molecule has 0 atom stereocenters. The van der Waals surface area contributed by atoms with Crippen LogP contribution in [0.25, 0.3) is 0 Å². The zero-order valence-electron chi connectivity index (χ0n) is 16.5. The van der Waals surface area contributed by atoms with Crippen LogP contribution < -0.4 is 10.1 Å². The molecule has 0 aliphatic heterocycles. The predicted octanol–water partition coefficient (Wildman–Crippen LogP) is 3.12. The first-order chi connectivity index (χ1) is 14.1. The Bertz CT molecular complexity index is 906. The van der Waals surface area contributed by atoms with Crippen molar-refractivity contribution in [2.75, 3.05) is 19.8 Å². The molecule has 2 aromatic rings. The maximum Gasteiger partial charge on any atom is 0.325 e. The Morgan fingerprint density at radius 1 is 1.00 bits per heavy atom. The molecule has 0 bridgehead atoms. The molecule has 1 N–H and O–H groups in total. The van der Waals surface area contributed by atoms with E-state index in [9.17, 15) is 14.4 Å². The van der Waals surface area contributed by atoms with Crippen LogP contribution in [0.15, 0.2) is 42.5 Å². The van der Waals surface area contributed by atoms with Crippen LogP contribution in [-0.4, -0.2) is 37.4 Å². The third kappa shape index (κ3) is 5.44. The van der Waals surface area contributed by atoms with Crippen molar-refractivity contribution in [1.82, 2.24) is 5.32 Å². The minimum absolute atomic E-state index is 0.250. The maximum atomic E-state index is 12.3. The second kappa shape index (κ2) is 9.87. The van der Waals surface area contributed by atoms with Gasteiger partial charge in [-0.05, 0) is 61.9 Å². The number of aryl methyl sites for hydroxylation is 2. The number of fused-ring (bicyclic) bond motifs is 1. The highest BCUT2D eigenvalue weighted by Crippen LogP contribution is 2.22. The fourth-order valence-corrected chi connectivity index (χ4v) is 3.37. The number of carbonyl (C=O) groups excluding carboxylic acids is 3. The molecular weight excluding hydrogens is 370 g/mol. The lowest BCUT2D eigenvalue weighted by Gasteiger charge is -2.16. The molecular formula is C23H25NO5. The molecule has 3 rings (SSSR count). The molecule has 0 aromatic heterocycles. The average Bonchev–Trinajstić information content (AvgIpc) is 2.76. The van der Waals surface area contributed by atoms with Crippen molar-refractivity contribution in [2.45, 2.75) is 32.6 Å². The molecule has 1 amide bonds. The number of rotatable bonds is 8. The third-order valence-electron chi connectivity index (χ3n) is 4.86. The van der Waals surface area contributed by atoms with Crippen molar-refractivity contribution < 1.29 is 23.9 Å². The third-order valence-corrected chi connectivity index (χ3v) is 4.86. The summed E-state index contributed by atoms with van der Waals surface area (Å²) in [5.74, 6) is -0.909. The normalized spacial score (nSPS) is 12.6. The quantitative estimate of drug-likeness (QED) is 0.549. The number of hydrogen-bond acceptors (Lipinski definition) is 5. The van der Waals surface area contributed by atoms with Crippen molar-refractivity contribution in [3.8, 4) is 5.75 Å². The fraction of sp³-hybridized carbons (Fsp3) is 0.348. The van der Waals surface area contributed by atoms with E-state index in [4.69, 9.17) is 9.47 Å². The van der Waals surface area contributed by atoms with Gasteiger partial charge in [0.2, 0.25) is 0 Å². The van der Waals surface area contributed by atoms with Gasteiger partial charge in [-0.3, -0.25) is 14.4 Å². The zero-order chi connectivity index (χ0) is 20.6. The number of Topliss-reactive ketones (excluding diaryl/α,β-unsaturated/α-hetero) is 1. The summed E-state index contributed by atoms with van der Waals surface area (Å²) >= 11 is 0. The Hall–Kier alpha value is -3.15. The van der Waals surface area contributed by atoms with Crippen molar-refractivity contribution >= 4 is 17.7 Å². The second-order valence-electron chi connectivity index (χ2n) is 6.89. The number of ketones is 1. The predicted molar refractivity (Wildman–Crippen MR) is 108 cm³/mol. The van der Waals surface area contributed by atoms with E-state index in [-0.39, 0.29) is 18.9 Å². The molecule has 0 spiro atoms. The van der Waals surface area contributed by atoms with Crippen LogP contribution in [-0.2, 0) is 22.4 Å². The summed E-state index contributed by atoms with van der Waals surface area (Å²) in [6, 6.07) is 12.5. The summed E-state index contributed by atoms with van der Waals surface area (Å²) in [6.07, 6.45) is 4.33. The van der Waals surface area contributed by atoms with Crippen LogP contribution in [0.4, 0.5) is 0 Å². The first kappa shape index (κ1) is 20.6. The monoisotopic (exact) mass is 395 g/mol. The van der Waals surface area contributed by atoms with Crippen LogP contribution in [0.1, 0.15) is 51.6 Å². The van der Waals surface area contributed by atoms with E-state index in [1.165, 1.54) is 17.5 Å². The van der Waals surface area contributed by atoms with Gasteiger partial charge in [0, 0.05) is 5.56 Å². The van der Waals surface area contributed by atoms with Gasteiger partial charge in [0.05, 0.1) is 12.2 Å². The number of ether oxygens (including phenoxy) is 2. The lowest BCUT2D eigenvalue weighted by Crippen LogP contribution is -2.31. The molecule has 6 nitrogen and oxygen atoms in total. The Labute approximate surface area is 170 Å². The van der Waals surface area contributed by atoms with Gasteiger partial charge >= 0.3 is 5.97 Å². The van der Waals surface area contributed by atoms with E-state index >= 15 is 0 Å². The van der Waals surface area contributed by atoms with Gasteiger partial charge in [0.25, 0.3) is 5.91 Å². The first-order valence-electron chi connectivity index (χ1n) is 9.89. The molecule has 1 aliphatic carbocycles. The Balaban J connectivity index is 1.49. The van der Waals surface area contributed by atoms with Crippen molar-refractivity contribution in [1.29, 1.82) is 0 Å². The molecule has 0 unspecified atom stereocenters. The molecule has 0 saturated carbocycles. The molecule has 152 valence electrons. The molecule has 2 aromatic carbocycles. The SMILES string of the molecule is CCOc1ccccc1C(=O)NCC(=O)OCC(=O)c1ccc2c(c1)CCCC2. The summed E-state index contributed by atoms with van der Waals surface area (Å²) in [5.41, 5.74) is 3.38. The van der Waals surface area contributed by atoms with Crippen molar-refractivity contribution in [2.24, 2.45) is 0 Å². The Morgan fingerprint density at radius 3 is 2.55 bits per heavy atom. The number of carbonyl (C=O) groups is 3. The van der Waals surface area contributed by atoms with E-state index in [1.807, 2.05) is 19.1 Å². The molecule has 1 aliphatic rings. The van der Waals surface area contributed by atoms with Crippen molar-refractivity contribution in [3.05, 3.63) is 64.7 Å². The van der Waals surface area contributed by atoms with Gasteiger partial charge in [-0.1, -0.05) is 24.3 Å². The Morgan fingerprint density at radius 2 is 1.76 bits per heavy atom. The van der Waals surface area contributed by atoms with Crippen LogP contribution >= 0.6 is 0 Å².